The third kappa shape index (κ3) is 3.32. The van der Waals surface area contributed by atoms with Crippen molar-refractivity contribution in [3.63, 3.8) is 0 Å². The van der Waals surface area contributed by atoms with Crippen molar-refractivity contribution < 1.29 is 18.0 Å². The van der Waals surface area contributed by atoms with E-state index in [-0.39, 0.29) is 11.5 Å². The number of amides is 1. The molecule has 140 valence electrons. The van der Waals surface area contributed by atoms with E-state index in [9.17, 15) is 18.0 Å². The second kappa shape index (κ2) is 6.57. The molecular weight excluding hydrogens is 359 g/mol. The lowest BCUT2D eigenvalue weighted by atomic mass is 10.1. The molecule has 0 saturated carbocycles. The maximum absolute atomic E-state index is 12.7. The number of hydrogen-bond donors (Lipinski definition) is 0. The van der Waals surface area contributed by atoms with Gasteiger partial charge in [-0.25, -0.2) is 4.98 Å². The van der Waals surface area contributed by atoms with Gasteiger partial charge in [-0.15, -0.1) is 0 Å². The maximum atomic E-state index is 12.7. The van der Waals surface area contributed by atoms with Crippen LogP contribution in [-0.2, 0) is 6.18 Å². The van der Waals surface area contributed by atoms with Crippen molar-refractivity contribution in [1.29, 1.82) is 0 Å². The van der Waals surface area contributed by atoms with Gasteiger partial charge >= 0.3 is 6.18 Å². The van der Waals surface area contributed by atoms with E-state index in [1.165, 1.54) is 12.1 Å². The predicted octanol–water partition coefficient (Wildman–Crippen LogP) is 2.71. The molecule has 27 heavy (non-hydrogen) atoms. The monoisotopic (exact) mass is 375 g/mol. The third-order valence-electron chi connectivity index (χ3n) is 4.62. The molecule has 3 aromatic rings. The van der Waals surface area contributed by atoms with Crippen molar-refractivity contribution in [3.8, 4) is 0 Å². The second-order valence-electron chi connectivity index (χ2n) is 6.26. The Labute approximate surface area is 152 Å². The smallest absolute Gasteiger partial charge is 0.353 e. The van der Waals surface area contributed by atoms with E-state index < -0.39 is 11.7 Å². The Kier molecular flexibility index (Phi) is 4.21. The van der Waals surface area contributed by atoms with Gasteiger partial charge in [0.25, 0.3) is 5.91 Å². The van der Waals surface area contributed by atoms with E-state index in [0.717, 1.165) is 23.6 Å². The molecule has 3 heterocycles. The number of carbonyl (C=O) groups excluding carboxylic acids is 1. The molecule has 0 atom stereocenters. The van der Waals surface area contributed by atoms with E-state index >= 15 is 0 Å². The number of nitrogens with zero attached hydrogens (tertiary/aromatic N) is 5. The topological polar surface area (TPSA) is 53.7 Å². The molecule has 1 amide bonds. The van der Waals surface area contributed by atoms with Gasteiger partial charge in [0.2, 0.25) is 0 Å². The van der Waals surface area contributed by atoms with Gasteiger partial charge in [0.05, 0.1) is 11.8 Å². The molecule has 0 spiro atoms. The Morgan fingerprint density at radius 3 is 2.30 bits per heavy atom. The molecule has 0 aliphatic carbocycles. The largest absolute Gasteiger partial charge is 0.416 e. The van der Waals surface area contributed by atoms with Gasteiger partial charge in [0.15, 0.2) is 5.65 Å². The number of benzene rings is 1. The summed E-state index contributed by atoms with van der Waals surface area (Å²) in [5.74, 6) is 0.633. The number of carbonyl (C=O) groups is 1. The summed E-state index contributed by atoms with van der Waals surface area (Å²) >= 11 is 0. The van der Waals surface area contributed by atoms with Gasteiger partial charge in [0, 0.05) is 44.0 Å². The standard InChI is InChI=1S/C18H16F3N5O/c19-18(20,21)14-3-1-13(2-4-14)17(27)25-11-9-24(10-12-25)16-6-7-22-15-5-8-23-26(15)16/h1-8H,9-12H2. The lowest BCUT2D eigenvalue weighted by Gasteiger charge is -2.36. The molecule has 6 nitrogen and oxygen atoms in total. The Hall–Kier alpha value is -3.10. The van der Waals surface area contributed by atoms with E-state index in [4.69, 9.17) is 0 Å². The average Bonchev–Trinajstić information content (AvgIpc) is 3.16. The molecule has 1 aliphatic rings. The fraction of sp³-hybridized carbons (Fsp3) is 0.278. The number of alkyl halides is 3. The number of fused-ring (bicyclic) bond motifs is 1. The predicted molar refractivity (Wildman–Crippen MR) is 92.5 cm³/mol. The molecule has 1 aromatic carbocycles. The summed E-state index contributed by atoms with van der Waals surface area (Å²) in [6.45, 7) is 2.16. The zero-order valence-electron chi connectivity index (χ0n) is 14.2. The molecule has 0 radical (unpaired) electrons. The van der Waals surface area contributed by atoms with Gasteiger partial charge in [-0.05, 0) is 30.3 Å². The van der Waals surface area contributed by atoms with Gasteiger partial charge in [-0.2, -0.15) is 22.8 Å². The van der Waals surface area contributed by atoms with Crippen LogP contribution in [0.2, 0.25) is 0 Å². The fourth-order valence-corrected chi connectivity index (χ4v) is 3.18. The summed E-state index contributed by atoms with van der Waals surface area (Å²) in [4.78, 5) is 20.6. The Balaban J connectivity index is 1.44. The van der Waals surface area contributed by atoms with Crippen LogP contribution in [-0.4, -0.2) is 51.6 Å². The van der Waals surface area contributed by atoms with E-state index in [2.05, 4.69) is 15.0 Å². The van der Waals surface area contributed by atoms with Crippen molar-refractivity contribution in [2.24, 2.45) is 0 Å². The zero-order valence-corrected chi connectivity index (χ0v) is 14.2. The number of anilines is 1. The Morgan fingerprint density at radius 2 is 1.63 bits per heavy atom. The van der Waals surface area contributed by atoms with Crippen LogP contribution in [0.3, 0.4) is 0 Å². The van der Waals surface area contributed by atoms with Crippen molar-refractivity contribution in [3.05, 3.63) is 59.9 Å². The molecule has 4 rings (SSSR count). The number of halogens is 3. The van der Waals surface area contributed by atoms with Crippen LogP contribution in [0.1, 0.15) is 15.9 Å². The molecule has 2 aromatic heterocycles. The second-order valence-corrected chi connectivity index (χ2v) is 6.26. The summed E-state index contributed by atoms with van der Waals surface area (Å²) in [6, 6.07) is 8.02. The van der Waals surface area contributed by atoms with Gasteiger partial charge in [-0.3, -0.25) is 4.79 Å². The first kappa shape index (κ1) is 17.3. The van der Waals surface area contributed by atoms with Crippen molar-refractivity contribution in [2.75, 3.05) is 31.1 Å². The van der Waals surface area contributed by atoms with Crippen LogP contribution in [0.15, 0.2) is 48.8 Å². The van der Waals surface area contributed by atoms with E-state index in [1.807, 2.05) is 12.1 Å². The summed E-state index contributed by atoms with van der Waals surface area (Å²) in [6.07, 6.45) is -1.02. The van der Waals surface area contributed by atoms with Crippen LogP contribution in [0.25, 0.3) is 5.65 Å². The van der Waals surface area contributed by atoms with Crippen LogP contribution >= 0.6 is 0 Å². The normalized spacial score (nSPS) is 15.4. The molecule has 9 heteroatoms. The lowest BCUT2D eigenvalue weighted by Crippen LogP contribution is -2.49. The van der Waals surface area contributed by atoms with Gasteiger partial charge < -0.3 is 9.80 Å². The quantitative estimate of drug-likeness (QED) is 0.691. The zero-order chi connectivity index (χ0) is 19.0. The van der Waals surface area contributed by atoms with Gasteiger partial charge in [-0.1, -0.05) is 0 Å². The molecule has 0 N–H and O–H groups in total. The fourth-order valence-electron chi connectivity index (χ4n) is 3.18. The highest BCUT2D eigenvalue weighted by Crippen LogP contribution is 2.29. The summed E-state index contributed by atoms with van der Waals surface area (Å²) in [5, 5.41) is 4.26. The molecule has 1 saturated heterocycles. The van der Waals surface area contributed by atoms with E-state index in [1.54, 1.807) is 21.8 Å². The molecule has 1 aliphatic heterocycles. The average molecular weight is 375 g/mol. The SMILES string of the molecule is O=C(c1ccc(C(F)(F)F)cc1)N1CCN(c2ccnc3ccnn23)CC1. The first-order valence-electron chi connectivity index (χ1n) is 8.44. The summed E-state index contributed by atoms with van der Waals surface area (Å²) in [7, 11) is 0. The Morgan fingerprint density at radius 1 is 0.926 bits per heavy atom. The van der Waals surface area contributed by atoms with Gasteiger partial charge in [0.1, 0.15) is 5.82 Å². The highest BCUT2D eigenvalue weighted by Gasteiger charge is 2.31. The first-order chi connectivity index (χ1) is 12.9. The number of aromatic nitrogens is 3. The Bertz CT molecular complexity index is 959. The minimum atomic E-state index is -4.41. The van der Waals surface area contributed by atoms with Crippen molar-refractivity contribution in [1.82, 2.24) is 19.5 Å². The number of rotatable bonds is 2. The third-order valence-corrected chi connectivity index (χ3v) is 4.62. The first-order valence-corrected chi connectivity index (χ1v) is 8.44. The van der Waals surface area contributed by atoms with Crippen molar-refractivity contribution in [2.45, 2.75) is 6.18 Å². The molecule has 1 fully saturated rings. The van der Waals surface area contributed by atoms with E-state index in [0.29, 0.717) is 26.2 Å². The van der Waals surface area contributed by atoms with Crippen LogP contribution < -0.4 is 4.90 Å². The highest BCUT2D eigenvalue weighted by molar-refractivity contribution is 5.94. The maximum Gasteiger partial charge on any atom is 0.416 e. The highest BCUT2D eigenvalue weighted by atomic mass is 19.4. The summed E-state index contributed by atoms with van der Waals surface area (Å²) < 4.78 is 39.7. The minimum absolute atomic E-state index is 0.259. The number of hydrogen-bond acceptors (Lipinski definition) is 4. The molecule has 0 unspecified atom stereocenters. The lowest BCUT2D eigenvalue weighted by molar-refractivity contribution is -0.137. The van der Waals surface area contributed by atoms with Crippen molar-refractivity contribution >= 4 is 17.4 Å². The minimum Gasteiger partial charge on any atom is -0.353 e. The molecular formula is C18H16F3N5O. The summed E-state index contributed by atoms with van der Waals surface area (Å²) in [5.41, 5.74) is 0.246. The van der Waals surface area contributed by atoms with Crippen LogP contribution in [0.4, 0.5) is 19.0 Å². The number of piperazine rings is 1. The van der Waals surface area contributed by atoms with Crippen LogP contribution in [0, 0.1) is 0 Å². The van der Waals surface area contributed by atoms with Crippen LogP contribution in [0.5, 0.6) is 0 Å². The molecule has 0 bridgehead atoms.